The lowest BCUT2D eigenvalue weighted by atomic mass is 10.0. The molecule has 2 aromatic rings. The maximum Gasteiger partial charge on any atom is 0.251 e. The maximum atomic E-state index is 12.6. The van der Waals surface area contributed by atoms with Crippen LogP contribution in [-0.4, -0.2) is 41.1 Å². The van der Waals surface area contributed by atoms with Crippen molar-refractivity contribution in [1.29, 1.82) is 0 Å². The van der Waals surface area contributed by atoms with Crippen LogP contribution in [0, 0.1) is 6.92 Å². The summed E-state index contributed by atoms with van der Waals surface area (Å²) in [5.74, 6) is 1.35. The molecule has 134 valence electrons. The van der Waals surface area contributed by atoms with Crippen molar-refractivity contribution in [2.75, 3.05) is 19.7 Å². The molecule has 1 saturated carbocycles. The summed E-state index contributed by atoms with van der Waals surface area (Å²) in [7, 11) is 0. The van der Waals surface area contributed by atoms with E-state index in [0.717, 1.165) is 12.4 Å². The second-order valence-corrected chi connectivity index (χ2v) is 7.68. The molecule has 0 spiro atoms. The van der Waals surface area contributed by atoms with E-state index < -0.39 is 11.6 Å². The highest BCUT2D eigenvalue weighted by atomic mass is 16.5. The zero-order valence-corrected chi connectivity index (χ0v) is 15.1. The van der Waals surface area contributed by atoms with Gasteiger partial charge in [0.1, 0.15) is 11.9 Å². The van der Waals surface area contributed by atoms with E-state index in [1.165, 1.54) is 29.6 Å². The van der Waals surface area contributed by atoms with Crippen molar-refractivity contribution in [3.63, 3.8) is 0 Å². The van der Waals surface area contributed by atoms with Crippen molar-refractivity contribution in [3.05, 3.63) is 35.4 Å². The molecule has 1 atom stereocenters. The molecule has 2 N–H and O–H groups in total. The van der Waals surface area contributed by atoms with Gasteiger partial charge in [-0.25, -0.2) is 4.98 Å². The topological polar surface area (TPSA) is 67.7 Å². The Balaban J connectivity index is 1.67. The van der Waals surface area contributed by atoms with Crippen LogP contribution in [0.3, 0.4) is 0 Å². The molecule has 0 bridgehead atoms. The third-order valence-corrected chi connectivity index (χ3v) is 5.07. The summed E-state index contributed by atoms with van der Waals surface area (Å²) >= 11 is 0. The van der Waals surface area contributed by atoms with E-state index in [9.17, 15) is 4.79 Å². The Morgan fingerprint density at radius 2 is 2.24 bits per heavy atom. The first-order chi connectivity index (χ1) is 12.0. The van der Waals surface area contributed by atoms with Crippen LogP contribution < -0.4 is 10.6 Å². The van der Waals surface area contributed by atoms with Crippen molar-refractivity contribution in [3.8, 4) is 0 Å². The van der Waals surface area contributed by atoms with E-state index in [1.54, 1.807) is 0 Å². The number of amides is 1. The van der Waals surface area contributed by atoms with Crippen LogP contribution in [0.2, 0.25) is 0 Å². The number of nitrogens with zero attached hydrogens (tertiary/aromatic N) is 2. The molecule has 1 saturated heterocycles. The summed E-state index contributed by atoms with van der Waals surface area (Å²) in [5, 5.41) is 6.34. The molecular weight excluding hydrogens is 316 g/mol. The lowest BCUT2D eigenvalue weighted by Crippen LogP contribution is -2.52. The minimum Gasteiger partial charge on any atom is -0.366 e. The predicted molar refractivity (Wildman–Crippen MR) is 95.7 cm³/mol. The molecule has 6 heteroatoms. The first-order valence-electron chi connectivity index (χ1n) is 9.10. The number of fused-ring (bicyclic) bond motifs is 1. The highest BCUT2D eigenvalue weighted by molar-refractivity contribution is 5.82. The van der Waals surface area contributed by atoms with Gasteiger partial charge in [-0.1, -0.05) is 6.07 Å². The van der Waals surface area contributed by atoms with Gasteiger partial charge >= 0.3 is 0 Å². The van der Waals surface area contributed by atoms with Gasteiger partial charge in [0.2, 0.25) is 0 Å². The molecule has 3 heterocycles. The Labute approximate surface area is 148 Å². The SMILES string of the molecule is Cc1cccn2c(C(C)(C)NC(=O)[C@@H]3CNCCO3)nc(C3CC3)c12. The van der Waals surface area contributed by atoms with Crippen LogP contribution in [0.5, 0.6) is 0 Å². The van der Waals surface area contributed by atoms with Gasteiger partial charge in [-0.05, 0) is 45.2 Å². The van der Waals surface area contributed by atoms with Gasteiger partial charge in [0.15, 0.2) is 0 Å². The number of nitrogens with one attached hydrogen (secondary N) is 2. The number of carbonyl (C=O) groups excluding carboxylic acids is 1. The summed E-state index contributed by atoms with van der Waals surface area (Å²) in [6.07, 6.45) is 4.01. The number of hydrogen-bond donors (Lipinski definition) is 2. The van der Waals surface area contributed by atoms with Crippen molar-refractivity contribution >= 4 is 11.4 Å². The fourth-order valence-corrected chi connectivity index (χ4v) is 3.60. The molecule has 2 fully saturated rings. The molecule has 1 aliphatic carbocycles. The Morgan fingerprint density at radius 3 is 2.92 bits per heavy atom. The second kappa shape index (κ2) is 6.11. The van der Waals surface area contributed by atoms with E-state index in [1.807, 2.05) is 26.1 Å². The Bertz CT molecular complexity index is 801. The molecular formula is C19H26N4O2. The molecule has 25 heavy (non-hydrogen) atoms. The molecule has 4 rings (SSSR count). The van der Waals surface area contributed by atoms with Crippen LogP contribution in [0.15, 0.2) is 18.3 Å². The summed E-state index contributed by atoms with van der Waals surface area (Å²) in [4.78, 5) is 17.6. The quantitative estimate of drug-likeness (QED) is 0.890. The molecule has 1 aliphatic heterocycles. The van der Waals surface area contributed by atoms with Gasteiger partial charge in [0.25, 0.3) is 5.91 Å². The zero-order valence-electron chi connectivity index (χ0n) is 15.1. The Hall–Kier alpha value is -1.92. The van der Waals surface area contributed by atoms with E-state index in [-0.39, 0.29) is 5.91 Å². The summed E-state index contributed by atoms with van der Waals surface area (Å²) in [6.45, 7) is 8.05. The van der Waals surface area contributed by atoms with Gasteiger partial charge in [-0.2, -0.15) is 0 Å². The molecule has 2 aliphatic rings. The van der Waals surface area contributed by atoms with E-state index >= 15 is 0 Å². The predicted octanol–water partition coefficient (Wildman–Crippen LogP) is 1.86. The number of hydrogen-bond acceptors (Lipinski definition) is 4. The van der Waals surface area contributed by atoms with Crippen LogP contribution >= 0.6 is 0 Å². The zero-order chi connectivity index (χ0) is 17.6. The maximum absolute atomic E-state index is 12.6. The average Bonchev–Trinajstić information content (AvgIpc) is 3.35. The van der Waals surface area contributed by atoms with Gasteiger partial charge in [0.05, 0.1) is 23.4 Å². The molecule has 6 nitrogen and oxygen atoms in total. The smallest absolute Gasteiger partial charge is 0.251 e. The number of rotatable bonds is 4. The van der Waals surface area contributed by atoms with Gasteiger partial charge in [-0.3, -0.25) is 4.79 Å². The Kier molecular flexibility index (Phi) is 4.04. The van der Waals surface area contributed by atoms with Crippen molar-refractivity contribution < 1.29 is 9.53 Å². The normalized spacial score (nSPS) is 21.5. The average molecular weight is 342 g/mol. The lowest BCUT2D eigenvalue weighted by Gasteiger charge is -2.29. The lowest BCUT2D eigenvalue weighted by molar-refractivity contribution is -0.136. The van der Waals surface area contributed by atoms with E-state index in [4.69, 9.17) is 9.72 Å². The van der Waals surface area contributed by atoms with E-state index in [0.29, 0.717) is 19.1 Å². The second-order valence-electron chi connectivity index (χ2n) is 7.68. The van der Waals surface area contributed by atoms with Gasteiger partial charge in [0, 0.05) is 25.2 Å². The third-order valence-electron chi connectivity index (χ3n) is 5.07. The summed E-state index contributed by atoms with van der Waals surface area (Å²) < 4.78 is 7.72. The minimum atomic E-state index is -0.582. The fourth-order valence-electron chi connectivity index (χ4n) is 3.60. The number of aryl methyl sites for hydroxylation is 1. The number of ether oxygens (including phenoxy) is 1. The van der Waals surface area contributed by atoms with Crippen LogP contribution in [0.4, 0.5) is 0 Å². The molecule has 1 amide bonds. The van der Waals surface area contributed by atoms with Crippen molar-refractivity contribution in [2.45, 2.75) is 51.2 Å². The molecule has 2 aromatic heterocycles. The fraction of sp³-hybridized carbons (Fsp3) is 0.579. The minimum absolute atomic E-state index is 0.0884. The summed E-state index contributed by atoms with van der Waals surface area (Å²) in [6, 6.07) is 4.16. The number of aromatic nitrogens is 2. The number of imidazole rings is 1. The van der Waals surface area contributed by atoms with Crippen molar-refractivity contribution in [2.24, 2.45) is 0 Å². The third kappa shape index (κ3) is 3.04. The Morgan fingerprint density at radius 1 is 1.44 bits per heavy atom. The number of morpholine rings is 1. The van der Waals surface area contributed by atoms with Crippen molar-refractivity contribution in [1.82, 2.24) is 20.0 Å². The van der Waals surface area contributed by atoms with Gasteiger partial charge < -0.3 is 19.8 Å². The van der Waals surface area contributed by atoms with Crippen LogP contribution in [0.1, 0.15) is 49.7 Å². The van der Waals surface area contributed by atoms with E-state index in [2.05, 4.69) is 28.0 Å². The molecule has 0 unspecified atom stereocenters. The summed E-state index contributed by atoms with van der Waals surface area (Å²) in [5.41, 5.74) is 3.01. The van der Waals surface area contributed by atoms with Crippen LogP contribution in [0.25, 0.3) is 5.52 Å². The molecule has 0 aromatic carbocycles. The first kappa shape index (κ1) is 16.5. The monoisotopic (exact) mass is 342 g/mol. The number of carbonyl (C=O) groups is 1. The highest BCUT2D eigenvalue weighted by Crippen LogP contribution is 2.43. The first-order valence-corrected chi connectivity index (χ1v) is 9.10. The molecule has 0 radical (unpaired) electrons. The standard InChI is InChI=1S/C19H26N4O2/c1-12-5-4-9-23-16(12)15(13-6-7-13)21-18(23)19(2,3)22-17(24)14-11-20-8-10-25-14/h4-5,9,13-14,20H,6-8,10-11H2,1-3H3,(H,22,24)/t14-/m0/s1. The van der Waals surface area contributed by atoms with Crippen LogP contribution in [-0.2, 0) is 15.1 Å². The number of pyridine rings is 1. The highest BCUT2D eigenvalue weighted by Gasteiger charge is 2.36. The largest absolute Gasteiger partial charge is 0.366 e. The van der Waals surface area contributed by atoms with Gasteiger partial charge in [-0.15, -0.1) is 0 Å².